The molecule has 0 aliphatic rings. The van der Waals surface area contributed by atoms with E-state index in [9.17, 15) is 0 Å². The summed E-state index contributed by atoms with van der Waals surface area (Å²) in [6, 6.07) is 10.2. The number of anilines is 2. The Labute approximate surface area is 130 Å². The Morgan fingerprint density at radius 1 is 1.10 bits per heavy atom. The first-order valence-corrected chi connectivity index (χ1v) is 7.55. The number of hydrogen-bond donors (Lipinski definition) is 1. The number of rotatable bonds is 7. The van der Waals surface area contributed by atoms with Gasteiger partial charge in [-0.25, -0.2) is 0 Å². The second-order valence-electron chi connectivity index (χ2n) is 4.65. The van der Waals surface area contributed by atoms with Gasteiger partial charge < -0.3 is 10.2 Å². The summed E-state index contributed by atoms with van der Waals surface area (Å²) in [7, 11) is 0. The Balaban J connectivity index is 2.19. The molecule has 0 amide bonds. The fourth-order valence-electron chi connectivity index (χ4n) is 1.92. The van der Waals surface area contributed by atoms with Gasteiger partial charge in [-0.1, -0.05) is 37.3 Å². The zero-order valence-corrected chi connectivity index (χ0v) is 13.1. The topological polar surface area (TPSA) is 53.9 Å². The molecule has 2 rings (SSSR count). The van der Waals surface area contributed by atoms with Crippen LogP contribution >= 0.6 is 11.6 Å². The van der Waals surface area contributed by atoms with E-state index in [1.54, 1.807) is 0 Å². The van der Waals surface area contributed by atoms with Gasteiger partial charge >= 0.3 is 0 Å². The molecule has 2 aromatic rings. The molecule has 1 heterocycles. The Morgan fingerprint density at radius 2 is 1.86 bits per heavy atom. The van der Waals surface area contributed by atoms with Crippen LogP contribution in [0.25, 0.3) is 0 Å². The smallest absolute Gasteiger partial charge is 0.231 e. The number of benzene rings is 1. The Hall–Kier alpha value is -1.88. The molecule has 0 radical (unpaired) electrons. The predicted octanol–water partition coefficient (Wildman–Crippen LogP) is 3.37. The number of halogens is 1. The maximum absolute atomic E-state index is 6.00. The molecule has 0 aliphatic carbocycles. The SMILES string of the molecule is CCCNc1nc(Cl)nc(N(CC)Cc2ccccc2)n1. The van der Waals surface area contributed by atoms with Gasteiger partial charge in [0.1, 0.15) is 0 Å². The molecule has 21 heavy (non-hydrogen) atoms. The second-order valence-corrected chi connectivity index (χ2v) is 4.99. The third kappa shape index (κ3) is 4.56. The molecule has 112 valence electrons. The van der Waals surface area contributed by atoms with Crippen molar-refractivity contribution in [3.05, 3.63) is 41.2 Å². The average Bonchev–Trinajstić information content (AvgIpc) is 2.51. The summed E-state index contributed by atoms with van der Waals surface area (Å²) in [6.45, 7) is 6.50. The van der Waals surface area contributed by atoms with Gasteiger partial charge in [-0.05, 0) is 30.5 Å². The van der Waals surface area contributed by atoms with Gasteiger partial charge in [0, 0.05) is 19.6 Å². The van der Waals surface area contributed by atoms with E-state index < -0.39 is 0 Å². The summed E-state index contributed by atoms with van der Waals surface area (Å²) >= 11 is 6.00. The standard InChI is InChI=1S/C15H20ClN5/c1-3-10-17-14-18-13(16)19-15(20-14)21(4-2)11-12-8-6-5-7-9-12/h5-9H,3-4,10-11H2,1-2H3,(H,17,18,19,20). The van der Waals surface area contributed by atoms with Gasteiger partial charge in [-0.2, -0.15) is 15.0 Å². The van der Waals surface area contributed by atoms with Gasteiger partial charge in [0.15, 0.2) is 0 Å². The first-order chi connectivity index (χ1) is 10.2. The molecule has 6 heteroatoms. The van der Waals surface area contributed by atoms with Crippen LogP contribution in [0.1, 0.15) is 25.8 Å². The van der Waals surface area contributed by atoms with Gasteiger partial charge in [0.25, 0.3) is 0 Å². The fourth-order valence-corrected chi connectivity index (χ4v) is 2.08. The van der Waals surface area contributed by atoms with Gasteiger partial charge in [-0.3, -0.25) is 0 Å². The quantitative estimate of drug-likeness (QED) is 0.850. The van der Waals surface area contributed by atoms with E-state index in [4.69, 9.17) is 11.6 Å². The number of hydrogen-bond acceptors (Lipinski definition) is 5. The molecule has 5 nitrogen and oxygen atoms in total. The van der Waals surface area contributed by atoms with Crippen molar-refractivity contribution in [1.29, 1.82) is 0 Å². The summed E-state index contributed by atoms with van der Waals surface area (Å²) < 4.78 is 0. The highest BCUT2D eigenvalue weighted by atomic mass is 35.5. The molecule has 0 unspecified atom stereocenters. The van der Waals surface area contributed by atoms with Gasteiger partial charge in [0.05, 0.1) is 0 Å². The Kier molecular flexibility index (Phi) is 5.75. The maximum atomic E-state index is 6.00. The van der Waals surface area contributed by atoms with E-state index in [0.717, 1.165) is 26.1 Å². The number of aromatic nitrogens is 3. The van der Waals surface area contributed by atoms with Crippen LogP contribution in [-0.2, 0) is 6.54 Å². The zero-order chi connectivity index (χ0) is 15.1. The Bertz CT molecular complexity index is 561. The van der Waals surface area contributed by atoms with Crippen molar-refractivity contribution in [3.8, 4) is 0 Å². The van der Waals surface area contributed by atoms with Crippen LogP contribution in [-0.4, -0.2) is 28.0 Å². The average molecular weight is 306 g/mol. The molecule has 0 bridgehead atoms. The van der Waals surface area contributed by atoms with Crippen molar-refractivity contribution in [2.75, 3.05) is 23.3 Å². The maximum Gasteiger partial charge on any atom is 0.231 e. The zero-order valence-electron chi connectivity index (χ0n) is 12.4. The highest BCUT2D eigenvalue weighted by Gasteiger charge is 2.12. The minimum atomic E-state index is 0.213. The van der Waals surface area contributed by atoms with Crippen LogP contribution in [0, 0.1) is 0 Å². The van der Waals surface area contributed by atoms with Crippen molar-refractivity contribution in [2.45, 2.75) is 26.8 Å². The second kappa shape index (κ2) is 7.78. The van der Waals surface area contributed by atoms with Crippen molar-refractivity contribution in [1.82, 2.24) is 15.0 Å². The fraction of sp³-hybridized carbons (Fsp3) is 0.400. The van der Waals surface area contributed by atoms with E-state index in [2.05, 4.69) is 51.1 Å². The Morgan fingerprint density at radius 3 is 2.52 bits per heavy atom. The predicted molar refractivity (Wildman–Crippen MR) is 86.8 cm³/mol. The summed E-state index contributed by atoms with van der Waals surface area (Å²) in [4.78, 5) is 14.9. The van der Waals surface area contributed by atoms with Crippen LogP contribution < -0.4 is 10.2 Å². The lowest BCUT2D eigenvalue weighted by molar-refractivity contribution is 0.783. The first-order valence-electron chi connectivity index (χ1n) is 7.17. The molecule has 1 aromatic heterocycles. The third-order valence-electron chi connectivity index (χ3n) is 3.01. The first kappa shape index (κ1) is 15.5. The van der Waals surface area contributed by atoms with E-state index in [1.165, 1.54) is 5.56 Å². The van der Waals surface area contributed by atoms with E-state index in [1.807, 2.05) is 18.2 Å². The van der Waals surface area contributed by atoms with Crippen molar-refractivity contribution in [2.24, 2.45) is 0 Å². The van der Waals surface area contributed by atoms with Crippen molar-refractivity contribution >= 4 is 23.5 Å². The molecule has 1 aromatic carbocycles. The van der Waals surface area contributed by atoms with E-state index >= 15 is 0 Å². The highest BCUT2D eigenvalue weighted by molar-refractivity contribution is 6.28. The minimum Gasteiger partial charge on any atom is -0.354 e. The monoisotopic (exact) mass is 305 g/mol. The summed E-state index contributed by atoms with van der Waals surface area (Å²) in [5, 5.41) is 3.36. The summed E-state index contributed by atoms with van der Waals surface area (Å²) in [5.41, 5.74) is 1.21. The molecule has 0 saturated carbocycles. The molecule has 0 saturated heterocycles. The van der Waals surface area contributed by atoms with Crippen LogP contribution in [0.4, 0.5) is 11.9 Å². The summed E-state index contributed by atoms with van der Waals surface area (Å²) in [5.74, 6) is 1.12. The molecule has 1 N–H and O–H groups in total. The van der Waals surface area contributed by atoms with Crippen LogP contribution in [0.5, 0.6) is 0 Å². The normalized spacial score (nSPS) is 10.4. The van der Waals surface area contributed by atoms with Gasteiger partial charge in [-0.15, -0.1) is 0 Å². The van der Waals surface area contributed by atoms with Gasteiger partial charge in [0.2, 0.25) is 17.2 Å². The number of nitrogens with one attached hydrogen (secondary N) is 1. The number of nitrogens with zero attached hydrogens (tertiary/aromatic N) is 4. The lowest BCUT2D eigenvalue weighted by Gasteiger charge is -2.21. The molecular weight excluding hydrogens is 286 g/mol. The summed E-state index contributed by atoms with van der Waals surface area (Å²) in [6.07, 6.45) is 1.00. The van der Waals surface area contributed by atoms with Crippen LogP contribution in [0.15, 0.2) is 30.3 Å². The molecule has 0 atom stereocenters. The minimum absolute atomic E-state index is 0.213. The van der Waals surface area contributed by atoms with Crippen molar-refractivity contribution < 1.29 is 0 Å². The lowest BCUT2D eigenvalue weighted by Crippen LogP contribution is -2.25. The lowest BCUT2D eigenvalue weighted by atomic mass is 10.2. The molecule has 0 fully saturated rings. The highest BCUT2D eigenvalue weighted by Crippen LogP contribution is 2.16. The van der Waals surface area contributed by atoms with Crippen LogP contribution in [0.3, 0.4) is 0 Å². The molecular formula is C15H20ClN5. The largest absolute Gasteiger partial charge is 0.354 e. The molecule has 0 aliphatic heterocycles. The van der Waals surface area contributed by atoms with E-state index in [-0.39, 0.29) is 5.28 Å². The van der Waals surface area contributed by atoms with E-state index in [0.29, 0.717) is 11.9 Å². The van der Waals surface area contributed by atoms with Crippen LogP contribution in [0.2, 0.25) is 5.28 Å². The molecule has 0 spiro atoms. The van der Waals surface area contributed by atoms with Crippen molar-refractivity contribution in [3.63, 3.8) is 0 Å². The third-order valence-corrected chi connectivity index (χ3v) is 3.18.